The van der Waals surface area contributed by atoms with E-state index in [0.717, 1.165) is 62.3 Å². The Bertz CT molecular complexity index is 635. The number of halogens is 1. The van der Waals surface area contributed by atoms with E-state index in [2.05, 4.69) is 39.0 Å². The molecular weight excluding hydrogens is 481 g/mol. The quantitative estimate of drug-likeness (QED) is 0.323. The molecule has 1 aromatic carbocycles. The van der Waals surface area contributed by atoms with Gasteiger partial charge in [0.15, 0.2) is 5.96 Å². The minimum absolute atomic E-state index is 0. The summed E-state index contributed by atoms with van der Waals surface area (Å²) < 4.78 is 10.8. The van der Waals surface area contributed by atoms with Crippen LogP contribution in [-0.4, -0.2) is 95.3 Å². The molecule has 29 heavy (non-hydrogen) atoms. The number of likely N-dealkylation sites (N-methyl/N-ethyl adjacent to an activating group) is 1. The van der Waals surface area contributed by atoms with E-state index in [0.29, 0.717) is 12.5 Å². The molecule has 1 heterocycles. The molecule has 8 heteroatoms. The summed E-state index contributed by atoms with van der Waals surface area (Å²) in [5.74, 6) is 3.07. The second-order valence-electron chi connectivity index (χ2n) is 7.67. The van der Waals surface area contributed by atoms with Crippen LogP contribution < -0.4 is 14.8 Å². The average Bonchev–Trinajstić information content (AvgIpc) is 2.70. The number of hydrogen-bond donors (Lipinski definition) is 1. The summed E-state index contributed by atoms with van der Waals surface area (Å²) in [5.41, 5.74) is 1.10. The van der Waals surface area contributed by atoms with Gasteiger partial charge in [-0.05, 0) is 25.1 Å². The van der Waals surface area contributed by atoms with Crippen molar-refractivity contribution in [1.29, 1.82) is 0 Å². The van der Waals surface area contributed by atoms with Crippen molar-refractivity contribution in [2.45, 2.75) is 13.5 Å². The molecule has 1 fully saturated rings. The highest BCUT2D eigenvalue weighted by atomic mass is 127. The minimum atomic E-state index is 0. The second-order valence-corrected chi connectivity index (χ2v) is 7.67. The van der Waals surface area contributed by atoms with Crippen LogP contribution in [0.15, 0.2) is 23.2 Å². The summed E-state index contributed by atoms with van der Waals surface area (Å²) in [6.45, 7) is 9.67. The fraction of sp³-hybridized carbons (Fsp3) is 0.667. The van der Waals surface area contributed by atoms with Gasteiger partial charge in [-0.1, -0.05) is 6.92 Å². The highest BCUT2D eigenvalue weighted by Gasteiger charge is 2.17. The maximum Gasteiger partial charge on any atom is 0.193 e. The molecule has 1 unspecified atom stereocenters. The summed E-state index contributed by atoms with van der Waals surface area (Å²) >= 11 is 0. The Balaban J connectivity index is 0.00000420. The average molecular weight is 519 g/mol. The SMILES string of the molecule is CN=C(NCC(C)CN1CCN(C)CC1)N(C)Cc1ccc(OC)cc1OC.I. The van der Waals surface area contributed by atoms with Crippen LogP contribution in [-0.2, 0) is 6.54 Å². The third-order valence-corrected chi connectivity index (χ3v) is 5.25. The van der Waals surface area contributed by atoms with Gasteiger partial charge in [0.2, 0.25) is 0 Å². The molecule has 0 amide bonds. The van der Waals surface area contributed by atoms with Gasteiger partial charge in [-0.2, -0.15) is 0 Å². The lowest BCUT2D eigenvalue weighted by atomic mass is 10.1. The van der Waals surface area contributed by atoms with Crippen LogP contribution in [0.4, 0.5) is 0 Å². The van der Waals surface area contributed by atoms with Gasteiger partial charge in [-0.25, -0.2) is 0 Å². The molecule has 1 N–H and O–H groups in total. The van der Waals surface area contributed by atoms with E-state index < -0.39 is 0 Å². The smallest absolute Gasteiger partial charge is 0.193 e. The van der Waals surface area contributed by atoms with E-state index in [4.69, 9.17) is 9.47 Å². The molecule has 1 saturated heterocycles. The highest BCUT2D eigenvalue weighted by Crippen LogP contribution is 2.25. The molecule has 2 rings (SSSR count). The first-order chi connectivity index (χ1) is 13.5. The number of rotatable bonds is 8. The lowest BCUT2D eigenvalue weighted by Crippen LogP contribution is -2.47. The van der Waals surface area contributed by atoms with Crippen LogP contribution in [0.25, 0.3) is 0 Å². The molecule has 7 nitrogen and oxygen atoms in total. The Labute approximate surface area is 193 Å². The van der Waals surface area contributed by atoms with Crippen molar-refractivity contribution in [2.24, 2.45) is 10.9 Å². The summed E-state index contributed by atoms with van der Waals surface area (Å²) in [6.07, 6.45) is 0. The topological polar surface area (TPSA) is 52.6 Å². The van der Waals surface area contributed by atoms with Crippen LogP contribution in [0.5, 0.6) is 11.5 Å². The first kappa shape index (κ1) is 25.8. The van der Waals surface area contributed by atoms with E-state index in [1.54, 1.807) is 14.2 Å². The number of hydrogen-bond acceptors (Lipinski definition) is 5. The number of piperazine rings is 1. The maximum absolute atomic E-state index is 5.52. The van der Waals surface area contributed by atoms with Crippen LogP contribution in [0.2, 0.25) is 0 Å². The van der Waals surface area contributed by atoms with E-state index in [1.165, 1.54) is 0 Å². The predicted octanol–water partition coefficient (Wildman–Crippen LogP) is 2.21. The number of guanidine groups is 1. The number of aliphatic imine (C=N–C) groups is 1. The number of nitrogens with zero attached hydrogens (tertiary/aromatic N) is 4. The zero-order chi connectivity index (χ0) is 20.5. The molecule has 1 atom stereocenters. The first-order valence-corrected chi connectivity index (χ1v) is 10.00. The van der Waals surface area contributed by atoms with Crippen molar-refractivity contribution in [1.82, 2.24) is 20.0 Å². The van der Waals surface area contributed by atoms with Gasteiger partial charge >= 0.3 is 0 Å². The Morgan fingerprint density at radius 2 is 1.90 bits per heavy atom. The van der Waals surface area contributed by atoms with Crippen molar-refractivity contribution < 1.29 is 9.47 Å². The van der Waals surface area contributed by atoms with E-state index in [9.17, 15) is 0 Å². The summed E-state index contributed by atoms with van der Waals surface area (Å²) in [6, 6.07) is 5.91. The third-order valence-electron chi connectivity index (χ3n) is 5.25. The normalized spacial score (nSPS) is 16.7. The maximum atomic E-state index is 5.52. The molecule has 0 saturated carbocycles. The Hall–Kier alpha value is -1.26. The molecule has 0 spiro atoms. The summed E-state index contributed by atoms with van der Waals surface area (Å²) in [5, 5.41) is 3.52. The molecule has 0 radical (unpaired) electrons. The fourth-order valence-electron chi connectivity index (χ4n) is 3.50. The van der Waals surface area contributed by atoms with Crippen LogP contribution in [0, 0.1) is 5.92 Å². The minimum Gasteiger partial charge on any atom is -0.497 e. The van der Waals surface area contributed by atoms with Gasteiger partial charge in [0.05, 0.1) is 14.2 Å². The Morgan fingerprint density at radius 1 is 1.21 bits per heavy atom. The van der Waals surface area contributed by atoms with Crippen molar-refractivity contribution in [3.63, 3.8) is 0 Å². The third kappa shape index (κ3) is 8.18. The molecule has 166 valence electrons. The number of methoxy groups -OCH3 is 2. The van der Waals surface area contributed by atoms with Crippen molar-refractivity contribution in [3.05, 3.63) is 23.8 Å². The van der Waals surface area contributed by atoms with Crippen molar-refractivity contribution in [3.8, 4) is 11.5 Å². The van der Waals surface area contributed by atoms with Gasteiger partial charge in [0.25, 0.3) is 0 Å². The second kappa shape index (κ2) is 13.1. The van der Waals surface area contributed by atoms with E-state index >= 15 is 0 Å². The van der Waals surface area contributed by atoms with Crippen molar-refractivity contribution >= 4 is 29.9 Å². The van der Waals surface area contributed by atoms with Gasteiger partial charge in [-0.15, -0.1) is 24.0 Å². The summed E-state index contributed by atoms with van der Waals surface area (Å²) in [7, 11) is 9.42. The summed E-state index contributed by atoms with van der Waals surface area (Å²) in [4.78, 5) is 11.5. The monoisotopic (exact) mass is 519 g/mol. The fourth-order valence-corrected chi connectivity index (χ4v) is 3.50. The number of ether oxygens (including phenoxy) is 2. The molecule has 0 aromatic heterocycles. The molecule has 1 aliphatic rings. The standard InChI is InChI=1S/C21H37N5O2.HI/c1-17(15-26-11-9-24(3)10-12-26)14-23-21(22-2)25(4)16-18-7-8-19(27-5)13-20(18)28-6;/h7-8,13,17H,9-12,14-16H2,1-6H3,(H,22,23);1H. The zero-order valence-electron chi connectivity index (χ0n) is 18.8. The largest absolute Gasteiger partial charge is 0.497 e. The lowest BCUT2D eigenvalue weighted by Gasteiger charge is -2.34. The zero-order valence-corrected chi connectivity index (χ0v) is 21.1. The highest BCUT2D eigenvalue weighted by molar-refractivity contribution is 14.0. The van der Waals surface area contributed by atoms with Gasteiger partial charge in [0, 0.05) is 71.5 Å². The Morgan fingerprint density at radius 3 is 2.48 bits per heavy atom. The number of benzene rings is 1. The first-order valence-electron chi connectivity index (χ1n) is 10.00. The van der Waals surface area contributed by atoms with Gasteiger partial charge in [-0.3, -0.25) is 4.99 Å². The Kier molecular flexibility index (Phi) is 11.7. The molecular formula is C21H38IN5O2. The van der Waals surface area contributed by atoms with E-state index in [-0.39, 0.29) is 24.0 Å². The number of nitrogens with one attached hydrogen (secondary N) is 1. The van der Waals surface area contributed by atoms with Crippen LogP contribution in [0.1, 0.15) is 12.5 Å². The van der Waals surface area contributed by atoms with Crippen LogP contribution in [0.3, 0.4) is 0 Å². The molecule has 0 aliphatic carbocycles. The van der Waals surface area contributed by atoms with Crippen LogP contribution >= 0.6 is 24.0 Å². The van der Waals surface area contributed by atoms with Crippen molar-refractivity contribution in [2.75, 3.05) is 74.6 Å². The predicted molar refractivity (Wildman–Crippen MR) is 131 cm³/mol. The van der Waals surface area contributed by atoms with E-state index in [1.807, 2.05) is 32.3 Å². The molecule has 1 aromatic rings. The van der Waals surface area contributed by atoms with Gasteiger partial charge in [0.1, 0.15) is 11.5 Å². The molecule has 0 bridgehead atoms. The molecule has 1 aliphatic heterocycles. The lowest BCUT2D eigenvalue weighted by molar-refractivity contribution is 0.139. The van der Waals surface area contributed by atoms with Gasteiger partial charge < -0.3 is 29.5 Å².